The molecule has 1 amide bonds. The smallest absolute Gasteiger partial charge is 0.307 e. The van der Waals surface area contributed by atoms with E-state index in [4.69, 9.17) is 9.47 Å². The molecular formula is C24H26N2O4S. The van der Waals surface area contributed by atoms with Gasteiger partial charge in [-0.2, -0.15) is 0 Å². The number of hydrogen-bond donors (Lipinski definition) is 1. The molecule has 0 saturated heterocycles. The molecule has 7 heteroatoms. The Balaban J connectivity index is 1.71. The topological polar surface area (TPSA) is 77.5 Å². The molecule has 0 fully saturated rings. The Hall–Kier alpha value is -3.19. The van der Waals surface area contributed by atoms with Crippen molar-refractivity contribution in [3.05, 3.63) is 70.7 Å². The summed E-state index contributed by atoms with van der Waals surface area (Å²) in [5.41, 5.74) is 3.54. The molecule has 6 nitrogen and oxygen atoms in total. The summed E-state index contributed by atoms with van der Waals surface area (Å²) < 4.78 is 10.5. The minimum Gasteiger partial charge on any atom is -0.493 e. The van der Waals surface area contributed by atoms with Crippen molar-refractivity contribution in [2.75, 3.05) is 13.7 Å². The maximum Gasteiger partial charge on any atom is 0.307 e. The van der Waals surface area contributed by atoms with Gasteiger partial charge < -0.3 is 14.8 Å². The van der Waals surface area contributed by atoms with E-state index in [1.54, 1.807) is 0 Å². The monoisotopic (exact) mass is 438 g/mol. The number of nitrogens with zero attached hydrogens (tertiary/aromatic N) is 1. The van der Waals surface area contributed by atoms with Crippen molar-refractivity contribution in [3.8, 4) is 16.3 Å². The third-order valence-electron chi connectivity index (χ3n) is 4.72. The summed E-state index contributed by atoms with van der Waals surface area (Å²) in [5.74, 6) is 0.187. The maximum absolute atomic E-state index is 12.7. The fraction of sp³-hybridized carbons (Fsp3) is 0.292. The zero-order chi connectivity index (χ0) is 22.2. The van der Waals surface area contributed by atoms with Gasteiger partial charge in [-0.3, -0.25) is 9.59 Å². The fourth-order valence-corrected chi connectivity index (χ4v) is 4.00. The van der Waals surface area contributed by atoms with Gasteiger partial charge in [0.2, 0.25) is 5.91 Å². The molecule has 2 aromatic carbocycles. The van der Waals surface area contributed by atoms with Crippen LogP contribution >= 0.6 is 11.3 Å². The highest BCUT2D eigenvalue weighted by Crippen LogP contribution is 2.32. The van der Waals surface area contributed by atoms with Crippen LogP contribution in [-0.2, 0) is 20.7 Å². The lowest BCUT2D eigenvalue weighted by Gasteiger charge is -2.18. The molecule has 1 aromatic heterocycles. The normalized spacial score (nSPS) is 11.6. The predicted octanol–water partition coefficient (Wildman–Crippen LogP) is 4.48. The van der Waals surface area contributed by atoms with Gasteiger partial charge in [0.25, 0.3) is 0 Å². The zero-order valence-electron chi connectivity index (χ0n) is 17.9. The second-order valence-electron chi connectivity index (χ2n) is 7.06. The SMILES string of the molecule is CCOc1ccccc1-c1nc(CC(=O)NC(CC(=O)OC)c2ccc(C)cc2)cs1. The van der Waals surface area contributed by atoms with Crippen LogP contribution in [0.1, 0.15) is 36.2 Å². The first kappa shape index (κ1) is 22.5. The highest BCUT2D eigenvalue weighted by Gasteiger charge is 2.20. The summed E-state index contributed by atoms with van der Waals surface area (Å²) in [7, 11) is 1.34. The van der Waals surface area contributed by atoms with Crippen LogP contribution in [0.5, 0.6) is 5.75 Å². The summed E-state index contributed by atoms with van der Waals surface area (Å²) in [6.45, 7) is 4.49. The molecule has 0 spiro atoms. The minimum atomic E-state index is -0.461. The number of rotatable bonds is 9. The molecular weight excluding hydrogens is 412 g/mol. The van der Waals surface area contributed by atoms with Crippen molar-refractivity contribution in [1.29, 1.82) is 0 Å². The molecule has 1 heterocycles. The van der Waals surface area contributed by atoms with Gasteiger partial charge in [0.1, 0.15) is 10.8 Å². The van der Waals surface area contributed by atoms with Crippen molar-refractivity contribution >= 4 is 23.2 Å². The van der Waals surface area contributed by atoms with Crippen molar-refractivity contribution in [3.63, 3.8) is 0 Å². The van der Waals surface area contributed by atoms with Crippen LogP contribution in [-0.4, -0.2) is 30.6 Å². The van der Waals surface area contributed by atoms with E-state index >= 15 is 0 Å². The van der Waals surface area contributed by atoms with Gasteiger partial charge >= 0.3 is 5.97 Å². The lowest BCUT2D eigenvalue weighted by atomic mass is 10.0. The first-order valence-electron chi connectivity index (χ1n) is 10.1. The van der Waals surface area contributed by atoms with Gasteiger partial charge in [-0.25, -0.2) is 4.98 Å². The number of esters is 1. The van der Waals surface area contributed by atoms with Crippen molar-refractivity contribution in [2.24, 2.45) is 0 Å². The van der Waals surface area contributed by atoms with Crippen molar-refractivity contribution in [2.45, 2.75) is 32.7 Å². The van der Waals surface area contributed by atoms with Gasteiger partial charge in [0.15, 0.2) is 0 Å². The summed E-state index contributed by atoms with van der Waals surface area (Å²) in [5, 5.41) is 5.62. The molecule has 0 aliphatic rings. The van der Waals surface area contributed by atoms with Crippen LogP contribution in [0.25, 0.3) is 10.6 Å². The summed E-state index contributed by atoms with van der Waals surface area (Å²) in [6, 6.07) is 15.0. The molecule has 1 atom stereocenters. The third kappa shape index (κ3) is 6.15. The average Bonchev–Trinajstić information content (AvgIpc) is 3.22. The van der Waals surface area contributed by atoms with Gasteiger partial charge in [-0.1, -0.05) is 42.0 Å². The highest BCUT2D eigenvalue weighted by molar-refractivity contribution is 7.13. The lowest BCUT2D eigenvalue weighted by molar-refractivity contribution is -0.141. The Bertz CT molecular complexity index is 1030. The molecule has 0 aliphatic heterocycles. The molecule has 3 aromatic rings. The minimum absolute atomic E-state index is 0.0648. The second-order valence-corrected chi connectivity index (χ2v) is 7.92. The fourth-order valence-electron chi connectivity index (χ4n) is 3.15. The van der Waals surface area contributed by atoms with Crippen LogP contribution < -0.4 is 10.1 Å². The molecule has 3 rings (SSSR count). The molecule has 0 bridgehead atoms. The molecule has 0 radical (unpaired) electrons. The number of aromatic nitrogens is 1. The molecule has 0 aliphatic carbocycles. The van der Waals surface area contributed by atoms with Crippen molar-refractivity contribution < 1.29 is 19.1 Å². The molecule has 1 unspecified atom stereocenters. The number of nitrogens with one attached hydrogen (secondary N) is 1. The van der Waals surface area contributed by atoms with E-state index in [2.05, 4.69) is 10.3 Å². The van der Waals surface area contributed by atoms with Crippen LogP contribution in [0.2, 0.25) is 0 Å². The van der Waals surface area contributed by atoms with E-state index < -0.39 is 6.04 Å². The van der Waals surface area contributed by atoms with Gasteiger partial charge in [0.05, 0.1) is 43.9 Å². The average molecular weight is 439 g/mol. The Morgan fingerprint density at radius 2 is 1.87 bits per heavy atom. The number of amides is 1. The number of thiazole rings is 1. The largest absolute Gasteiger partial charge is 0.493 e. The number of hydrogen-bond acceptors (Lipinski definition) is 6. The number of benzene rings is 2. The summed E-state index contributed by atoms with van der Waals surface area (Å²) in [4.78, 5) is 29.2. The van der Waals surface area contributed by atoms with E-state index in [1.165, 1.54) is 18.4 Å². The van der Waals surface area contributed by atoms with Gasteiger partial charge in [-0.05, 0) is 31.5 Å². The van der Waals surface area contributed by atoms with E-state index in [0.717, 1.165) is 27.4 Å². The Morgan fingerprint density at radius 3 is 2.58 bits per heavy atom. The second kappa shape index (κ2) is 10.7. The molecule has 1 N–H and O–H groups in total. The van der Waals surface area contributed by atoms with E-state index in [1.807, 2.05) is 67.8 Å². The van der Waals surface area contributed by atoms with Crippen LogP contribution in [0.15, 0.2) is 53.9 Å². The van der Waals surface area contributed by atoms with Crippen molar-refractivity contribution in [1.82, 2.24) is 10.3 Å². The third-order valence-corrected chi connectivity index (χ3v) is 5.65. The first-order chi connectivity index (χ1) is 15.0. The predicted molar refractivity (Wildman–Crippen MR) is 121 cm³/mol. The molecule has 31 heavy (non-hydrogen) atoms. The highest BCUT2D eigenvalue weighted by atomic mass is 32.1. The van der Waals surface area contributed by atoms with E-state index in [0.29, 0.717) is 12.3 Å². The van der Waals surface area contributed by atoms with E-state index in [-0.39, 0.29) is 24.7 Å². The quantitative estimate of drug-likeness (QED) is 0.499. The standard InChI is InChI=1S/C24H26N2O4S/c1-4-30-21-8-6-5-7-19(21)24-25-18(15-31-24)13-22(27)26-20(14-23(28)29-3)17-11-9-16(2)10-12-17/h5-12,15,20H,4,13-14H2,1-3H3,(H,26,27). The Kier molecular flexibility index (Phi) is 7.78. The molecule has 0 saturated carbocycles. The van der Waals surface area contributed by atoms with Gasteiger partial charge in [0, 0.05) is 5.38 Å². The maximum atomic E-state index is 12.7. The van der Waals surface area contributed by atoms with Crippen LogP contribution in [0.4, 0.5) is 0 Å². The van der Waals surface area contributed by atoms with Gasteiger partial charge in [-0.15, -0.1) is 11.3 Å². The number of aryl methyl sites for hydroxylation is 1. The van der Waals surface area contributed by atoms with E-state index in [9.17, 15) is 9.59 Å². The Labute approximate surface area is 186 Å². The lowest BCUT2D eigenvalue weighted by Crippen LogP contribution is -2.31. The number of carbonyl (C=O) groups excluding carboxylic acids is 2. The molecule has 162 valence electrons. The number of methoxy groups -OCH3 is 1. The van der Waals surface area contributed by atoms with Crippen LogP contribution in [0, 0.1) is 6.92 Å². The number of para-hydroxylation sites is 1. The summed E-state index contributed by atoms with van der Waals surface area (Å²) in [6.07, 6.45) is 0.187. The Morgan fingerprint density at radius 1 is 1.13 bits per heavy atom. The zero-order valence-corrected chi connectivity index (χ0v) is 18.7. The van der Waals surface area contributed by atoms with Crippen LogP contribution in [0.3, 0.4) is 0 Å². The number of carbonyl (C=O) groups is 2. The number of ether oxygens (including phenoxy) is 2. The summed E-state index contributed by atoms with van der Waals surface area (Å²) >= 11 is 1.47. The first-order valence-corrected chi connectivity index (χ1v) is 11.0.